The van der Waals surface area contributed by atoms with Gasteiger partial charge in [-0.05, 0) is 31.9 Å². The maximum Gasteiger partial charge on any atom is 0.242 e. The molecule has 0 aromatic heterocycles. The summed E-state index contributed by atoms with van der Waals surface area (Å²) in [4.78, 5) is 26.9. The Morgan fingerprint density at radius 3 is 2.33 bits per heavy atom. The van der Waals surface area contributed by atoms with Crippen LogP contribution in [0.2, 0.25) is 0 Å². The number of benzene rings is 2. The minimum absolute atomic E-state index is 0.0183. The van der Waals surface area contributed by atoms with Gasteiger partial charge in [0.15, 0.2) is 0 Å². The average Bonchev–Trinajstić information content (AvgIpc) is 2.68. The lowest BCUT2D eigenvalue weighted by Gasteiger charge is -2.28. The molecule has 5 heteroatoms. The van der Waals surface area contributed by atoms with Crippen LogP contribution in [0.3, 0.4) is 0 Å². The molecule has 0 fully saturated rings. The van der Waals surface area contributed by atoms with E-state index in [0.717, 1.165) is 11.3 Å². The van der Waals surface area contributed by atoms with Crippen LogP contribution >= 0.6 is 11.8 Å². The van der Waals surface area contributed by atoms with Crippen molar-refractivity contribution in [1.82, 2.24) is 10.2 Å². The molecule has 0 spiro atoms. The van der Waals surface area contributed by atoms with Crippen LogP contribution in [0, 0.1) is 6.92 Å². The van der Waals surface area contributed by atoms with E-state index in [2.05, 4.69) is 17.4 Å². The number of carbonyl (C=O) groups is 2. The number of aryl methyl sites for hydroxylation is 1. The summed E-state index contributed by atoms with van der Waals surface area (Å²) in [5.74, 6) is 0.992. The highest BCUT2D eigenvalue weighted by atomic mass is 32.2. The zero-order chi connectivity index (χ0) is 19.6. The Kier molecular flexibility index (Phi) is 8.40. The first kappa shape index (κ1) is 21.0. The molecule has 0 aliphatic carbocycles. The Labute approximate surface area is 166 Å². The van der Waals surface area contributed by atoms with E-state index >= 15 is 0 Å². The molecule has 27 heavy (non-hydrogen) atoms. The number of hydrogen-bond acceptors (Lipinski definition) is 3. The van der Waals surface area contributed by atoms with Gasteiger partial charge in [-0.1, -0.05) is 60.2 Å². The maximum absolute atomic E-state index is 12.9. The van der Waals surface area contributed by atoms with Gasteiger partial charge in [0, 0.05) is 18.8 Å². The first-order chi connectivity index (χ1) is 13.0. The maximum atomic E-state index is 12.9. The highest BCUT2D eigenvalue weighted by Gasteiger charge is 2.25. The normalized spacial score (nSPS) is 11.7. The first-order valence-corrected chi connectivity index (χ1v) is 10.4. The average molecular weight is 385 g/mol. The second kappa shape index (κ2) is 10.8. The van der Waals surface area contributed by atoms with Crippen molar-refractivity contribution in [3.63, 3.8) is 0 Å². The number of likely N-dealkylation sites (N-methyl/N-ethyl adjacent to an activating group) is 1. The van der Waals surface area contributed by atoms with Gasteiger partial charge in [0.05, 0.1) is 5.75 Å². The molecule has 0 bridgehead atoms. The molecule has 4 nitrogen and oxygen atoms in total. The summed E-state index contributed by atoms with van der Waals surface area (Å²) in [7, 11) is 0. The van der Waals surface area contributed by atoms with Crippen molar-refractivity contribution in [2.75, 3.05) is 12.3 Å². The molecule has 0 unspecified atom stereocenters. The Balaban J connectivity index is 2.03. The quantitative estimate of drug-likeness (QED) is 0.716. The standard InChI is InChI=1S/C22H28N2O2S/c1-4-23-22(26)18(3)24(14-19-12-10-17(2)11-13-19)21(25)16-27-15-20-8-6-5-7-9-20/h5-13,18H,4,14-16H2,1-3H3,(H,23,26)/t18-/m1/s1. The van der Waals surface area contributed by atoms with Gasteiger partial charge in [0.1, 0.15) is 6.04 Å². The van der Waals surface area contributed by atoms with Crippen LogP contribution in [0.25, 0.3) is 0 Å². The summed E-state index contributed by atoms with van der Waals surface area (Å²) in [5, 5.41) is 2.82. The van der Waals surface area contributed by atoms with Crippen LogP contribution in [-0.2, 0) is 21.9 Å². The van der Waals surface area contributed by atoms with Crippen LogP contribution in [0.15, 0.2) is 54.6 Å². The van der Waals surface area contributed by atoms with Crippen molar-refractivity contribution in [3.8, 4) is 0 Å². The second-order valence-corrected chi connectivity index (χ2v) is 7.54. The molecule has 0 aliphatic rings. The fourth-order valence-corrected chi connectivity index (χ4v) is 3.58. The summed E-state index contributed by atoms with van der Waals surface area (Å²) >= 11 is 1.58. The fraction of sp³-hybridized carbons (Fsp3) is 0.364. The van der Waals surface area contributed by atoms with E-state index in [1.54, 1.807) is 23.6 Å². The van der Waals surface area contributed by atoms with E-state index in [1.807, 2.05) is 56.3 Å². The number of nitrogens with zero attached hydrogens (tertiary/aromatic N) is 1. The molecule has 2 amide bonds. The van der Waals surface area contributed by atoms with Crippen LogP contribution in [0.1, 0.15) is 30.5 Å². The van der Waals surface area contributed by atoms with Crippen LogP contribution in [-0.4, -0.2) is 35.1 Å². The van der Waals surface area contributed by atoms with E-state index < -0.39 is 6.04 Å². The van der Waals surface area contributed by atoms with Crippen molar-refractivity contribution in [1.29, 1.82) is 0 Å². The van der Waals surface area contributed by atoms with Crippen molar-refractivity contribution < 1.29 is 9.59 Å². The number of thioether (sulfide) groups is 1. The first-order valence-electron chi connectivity index (χ1n) is 9.25. The monoisotopic (exact) mass is 384 g/mol. The van der Waals surface area contributed by atoms with Crippen molar-refractivity contribution in [2.45, 2.75) is 39.1 Å². The third-order valence-electron chi connectivity index (χ3n) is 4.33. The van der Waals surface area contributed by atoms with E-state index in [1.165, 1.54) is 11.1 Å². The lowest BCUT2D eigenvalue weighted by Crippen LogP contribution is -2.48. The molecular weight excluding hydrogens is 356 g/mol. The molecule has 0 radical (unpaired) electrons. The zero-order valence-electron chi connectivity index (χ0n) is 16.3. The number of nitrogens with one attached hydrogen (secondary N) is 1. The number of carbonyl (C=O) groups excluding carboxylic acids is 2. The van der Waals surface area contributed by atoms with Crippen molar-refractivity contribution >= 4 is 23.6 Å². The third-order valence-corrected chi connectivity index (χ3v) is 5.32. The van der Waals surface area contributed by atoms with E-state index in [4.69, 9.17) is 0 Å². The smallest absolute Gasteiger partial charge is 0.242 e. The third kappa shape index (κ3) is 6.75. The minimum Gasteiger partial charge on any atom is -0.355 e. The molecule has 2 aromatic carbocycles. The van der Waals surface area contributed by atoms with Crippen LogP contribution < -0.4 is 5.32 Å². The molecule has 0 heterocycles. The van der Waals surface area contributed by atoms with Gasteiger partial charge in [-0.2, -0.15) is 0 Å². The number of hydrogen-bond donors (Lipinski definition) is 1. The van der Waals surface area contributed by atoms with Gasteiger partial charge < -0.3 is 10.2 Å². The summed E-state index contributed by atoms with van der Waals surface area (Å²) in [6.45, 7) is 6.69. The molecule has 2 rings (SSSR count). The molecule has 0 saturated heterocycles. The molecule has 1 N–H and O–H groups in total. The predicted molar refractivity (Wildman–Crippen MR) is 112 cm³/mol. The zero-order valence-corrected chi connectivity index (χ0v) is 17.1. The Morgan fingerprint density at radius 2 is 1.70 bits per heavy atom. The summed E-state index contributed by atoms with van der Waals surface area (Å²) in [6.07, 6.45) is 0. The van der Waals surface area contributed by atoms with Crippen LogP contribution in [0.5, 0.6) is 0 Å². The van der Waals surface area contributed by atoms with E-state index in [0.29, 0.717) is 18.8 Å². The molecule has 144 valence electrons. The lowest BCUT2D eigenvalue weighted by molar-refractivity contribution is -0.138. The highest BCUT2D eigenvalue weighted by Crippen LogP contribution is 2.16. The van der Waals surface area contributed by atoms with E-state index in [9.17, 15) is 9.59 Å². The van der Waals surface area contributed by atoms with Gasteiger partial charge >= 0.3 is 0 Å². The van der Waals surface area contributed by atoms with Crippen molar-refractivity contribution in [2.24, 2.45) is 0 Å². The van der Waals surface area contributed by atoms with Gasteiger partial charge in [0.25, 0.3) is 0 Å². The Bertz CT molecular complexity index is 732. The largest absolute Gasteiger partial charge is 0.355 e. The van der Waals surface area contributed by atoms with Gasteiger partial charge in [-0.15, -0.1) is 11.8 Å². The second-order valence-electron chi connectivity index (χ2n) is 6.56. The Hall–Kier alpha value is -2.27. The predicted octanol–water partition coefficient (Wildman–Crippen LogP) is 3.78. The van der Waals surface area contributed by atoms with Crippen molar-refractivity contribution in [3.05, 3.63) is 71.3 Å². The van der Waals surface area contributed by atoms with Gasteiger partial charge in [-0.3, -0.25) is 9.59 Å². The topological polar surface area (TPSA) is 49.4 Å². The summed E-state index contributed by atoms with van der Waals surface area (Å²) < 4.78 is 0. The lowest BCUT2D eigenvalue weighted by atomic mass is 10.1. The van der Waals surface area contributed by atoms with Crippen LogP contribution in [0.4, 0.5) is 0 Å². The summed E-state index contributed by atoms with van der Waals surface area (Å²) in [6, 6.07) is 17.7. The molecule has 0 saturated carbocycles. The number of amides is 2. The Morgan fingerprint density at radius 1 is 1.04 bits per heavy atom. The minimum atomic E-state index is -0.504. The fourth-order valence-electron chi connectivity index (χ4n) is 2.71. The van der Waals surface area contributed by atoms with E-state index in [-0.39, 0.29) is 11.8 Å². The number of rotatable bonds is 9. The highest BCUT2D eigenvalue weighted by molar-refractivity contribution is 7.99. The molecular formula is C22H28N2O2S. The molecule has 1 atom stereocenters. The van der Waals surface area contributed by atoms with Gasteiger partial charge in [0.2, 0.25) is 11.8 Å². The SMILES string of the molecule is CCNC(=O)[C@@H](C)N(Cc1ccc(C)cc1)C(=O)CSCc1ccccc1. The summed E-state index contributed by atoms with van der Waals surface area (Å²) in [5.41, 5.74) is 3.39. The molecule has 2 aromatic rings. The van der Waals surface area contributed by atoms with Gasteiger partial charge in [-0.25, -0.2) is 0 Å². The molecule has 0 aliphatic heterocycles.